The van der Waals surface area contributed by atoms with Gasteiger partial charge in [-0.15, -0.1) is 0 Å². The summed E-state index contributed by atoms with van der Waals surface area (Å²) >= 11 is 0. The van der Waals surface area contributed by atoms with Crippen LogP contribution in [0.5, 0.6) is 0 Å². The van der Waals surface area contributed by atoms with Gasteiger partial charge in [0.25, 0.3) is 0 Å². The maximum absolute atomic E-state index is 9.17. The van der Waals surface area contributed by atoms with Crippen LogP contribution in [0.2, 0.25) is 0 Å². The van der Waals surface area contributed by atoms with Crippen molar-refractivity contribution in [3.8, 4) is 0 Å². The summed E-state index contributed by atoms with van der Waals surface area (Å²) in [7, 11) is 1.72. The minimum absolute atomic E-state index is 0.114. The van der Waals surface area contributed by atoms with Gasteiger partial charge in [-0.1, -0.05) is 0 Å². The highest BCUT2D eigenvalue weighted by molar-refractivity contribution is 4.84. The van der Waals surface area contributed by atoms with Crippen molar-refractivity contribution in [3.05, 3.63) is 0 Å². The number of rotatable bonds is 4. The molecule has 0 amide bonds. The van der Waals surface area contributed by atoms with Crippen molar-refractivity contribution >= 4 is 0 Å². The van der Waals surface area contributed by atoms with E-state index in [-0.39, 0.29) is 18.6 Å². The first-order valence-corrected chi connectivity index (χ1v) is 4.97. The lowest BCUT2D eigenvalue weighted by Gasteiger charge is -2.37. The molecule has 0 bridgehead atoms. The molecule has 0 aromatic heterocycles. The second-order valence-corrected chi connectivity index (χ2v) is 4.21. The molecule has 3 nitrogen and oxygen atoms in total. The number of hydrogen-bond acceptors (Lipinski definition) is 3. The monoisotopic (exact) mass is 188 g/mol. The summed E-state index contributed by atoms with van der Waals surface area (Å²) in [5.41, 5.74) is -0.204. The Balaban J connectivity index is 2.36. The Bertz CT molecular complexity index is 133. The fourth-order valence-corrected chi connectivity index (χ4v) is 2.06. The van der Waals surface area contributed by atoms with Gasteiger partial charge in [0.1, 0.15) is 0 Å². The molecule has 0 unspecified atom stereocenters. The van der Waals surface area contributed by atoms with Crippen molar-refractivity contribution in [2.45, 2.75) is 25.7 Å². The fourth-order valence-electron chi connectivity index (χ4n) is 2.06. The van der Waals surface area contributed by atoms with Crippen LogP contribution in [-0.2, 0) is 4.74 Å². The lowest BCUT2D eigenvalue weighted by molar-refractivity contribution is -0.000882. The van der Waals surface area contributed by atoms with E-state index in [1.54, 1.807) is 7.11 Å². The average molecular weight is 188 g/mol. The van der Waals surface area contributed by atoms with E-state index in [0.717, 1.165) is 32.3 Å². The summed E-state index contributed by atoms with van der Waals surface area (Å²) in [6.45, 7) is 1.04. The van der Waals surface area contributed by atoms with E-state index in [9.17, 15) is 0 Å². The van der Waals surface area contributed by atoms with Crippen LogP contribution in [0.1, 0.15) is 25.7 Å². The van der Waals surface area contributed by atoms with Crippen LogP contribution in [0.4, 0.5) is 0 Å². The fraction of sp³-hybridized carbons (Fsp3) is 1.00. The van der Waals surface area contributed by atoms with Crippen LogP contribution in [-0.4, -0.2) is 37.1 Å². The molecule has 13 heavy (non-hydrogen) atoms. The van der Waals surface area contributed by atoms with Gasteiger partial charge in [0.2, 0.25) is 0 Å². The van der Waals surface area contributed by atoms with Gasteiger partial charge in [-0.25, -0.2) is 0 Å². The molecule has 3 heteroatoms. The minimum Gasteiger partial charge on any atom is -0.396 e. The second-order valence-electron chi connectivity index (χ2n) is 4.21. The zero-order valence-electron chi connectivity index (χ0n) is 8.33. The lowest BCUT2D eigenvalue weighted by atomic mass is 9.71. The maximum Gasteiger partial charge on any atom is 0.0509 e. The zero-order valence-corrected chi connectivity index (χ0v) is 8.33. The normalized spacial score (nSPS) is 23.3. The highest BCUT2D eigenvalue weighted by Crippen LogP contribution is 2.38. The summed E-state index contributed by atoms with van der Waals surface area (Å²) in [6, 6.07) is 0. The molecule has 1 aliphatic carbocycles. The van der Waals surface area contributed by atoms with Gasteiger partial charge in [-0.05, 0) is 31.6 Å². The molecule has 0 aliphatic heterocycles. The molecule has 2 N–H and O–H groups in total. The van der Waals surface area contributed by atoms with E-state index in [2.05, 4.69) is 0 Å². The third-order valence-electron chi connectivity index (χ3n) is 3.24. The van der Waals surface area contributed by atoms with E-state index in [1.807, 2.05) is 0 Å². The third-order valence-corrected chi connectivity index (χ3v) is 3.24. The Morgan fingerprint density at radius 2 is 1.77 bits per heavy atom. The Morgan fingerprint density at radius 3 is 2.15 bits per heavy atom. The highest BCUT2D eigenvalue weighted by Gasteiger charge is 2.33. The van der Waals surface area contributed by atoms with Crippen molar-refractivity contribution in [2.24, 2.45) is 11.3 Å². The smallest absolute Gasteiger partial charge is 0.0509 e. The molecule has 1 fully saturated rings. The molecule has 0 atom stereocenters. The van der Waals surface area contributed by atoms with Crippen molar-refractivity contribution in [2.75, 3.05) is 26.9 Å². The number of aliphatic hydroxyl groups excluding tert-OH is 2. The zero-order chi connectivity index (χ0) is 9.73. The molecule has 1 aliphatic rings. The second kappa shape index (κ2) is 4.94. The van der Waals surface area contributed by atoms with Gasteiger partial charge in [0, 0.05) is 19.1 Å². The number of ether oxygens (including phenoxy) is 1. The van der Waals surface area contributed by atoms with Gasteiger partial charge >= 0.3 is 0 Å². The molecular weight excluding hydrogens is 168 g/mol. The van der Waals surface area contributed by atoms with Crippen LogP contribution < -0.4 is 0 Å². The van der Waals surface area contributed by atoms with Gasteiger partial charge in [0.15, 0.2) is 0 Å². The predicted molar refractivity (Wildman–Crippen MR) is 50.4 cm³/mol. The van der Waals surface area contributed by atoms with E-state index < -0.39 is 0 Å². The molecular formula is C10H20O3. The van der Waals surface area contributed by atoms with E-state index in [4.69, 9.17) is 14.9 Å². The largest absolute Gasteiger partial charge is 0.396 e. The van der Waals surface area contributed by atoms with Crippen LogP contribution in [0, 0.1) is 11.3 Å². The lowest BCUT2D eigenvalue weighted by Crippen LogP contribution is -2.35. The van der Waals surface area contributed by atoms with Gasteiger partial charge < -0.3 is 14.9 Å². The summed E-state index contributed by atoms with van der Waals surface area (Å²) < 4.78 is 5.09. The van der Waals surface area contributed by atoms with E-state index in [0.29, 0.717) is 5.92 Å². The SMILES string of the molecule is COCC1CCC(CO)(CO)CC1. The Morgan fingerprint density at radius 1 is 1.23 bits per heavy atom. The number of methoxy groups -OCH3 is 1. The van der Waals surface area contributed by atoms with Gasteiger partial charge in [-0.3, -0.25) is 0 Å². The molecule has 0 aromatic rings. The maximum atomic E-state index is 9.17. The topological polar surface area (TPSA) is 49.7 Å². The minimum atomic E-state index is -0.204. The van der Waals surface area contributed by atoms with Gasteiger partial charge in [-0.2, -0.15) is 0 Å². The van der Waals surface area contributed by atoms with Crippen molar-refractivity contribution in [1.82, 2.24) is 0 Å². The summed E-state index contributed by atoms with van der Waals surface area (Å²) in [5.74, 6) is 0.622. The van der Waals surface area contributed by atoms with Crippen LogP contribution >= 0.6 is 0 Å². The van der Waals surface area contributed by atoms with Crippen LogP contribution in [0.25, 0.3) is 0 Å². The summed E-state index contributed by atoms with van der Waals surface area (Å²) in [4.78, 5) is 0. The standard InChI is InChI=1S/C10H20O3/c1-13-6-9-2-4-10(7-11,8-12)5-3-9/h9,11-12H,2-8H2,1H3. The van der Waals surface area contributed by atoms with Crippen molar-refractivity contribution < 1.29 is 14.9 Å². The highest BCUT2D eigenvalue weighted by atomic mass is 16.5. The average Bonchev–Trinajstić information content (AvgIpc) is 2.20. The number of hydrogen-bond donors (Lipinski definition) is 2. The molecule has 0 radical (unpaired) electrons. The first kappa shape index (κ1) is 11.0. The summed E-state index contributed by atoms with van der Waals surface area (Å²) in [5, 5.41) is 18.3. The molecule has 0 aromatic carbocycles. The van der Waals surface area contributed by atoms with E-state index >= 15 is 0 Å². The third kappa shape index (κ3) is 2.66. The molecule has 0 saturated heterocycles. The van der Waals surface area contributed by atoms with E-state index in [1.165, 1.54) is 0 Å². The first-order valence-electron chi connectivity index (χ1n) is 4.97. The van der Waals surface area contributed by atoms with Gasteiger partial charge in [0.05, 0.1) is 13.2 Å². The Hall–Kier alpha value is -0.120. The molecule has 1 saturated carbocycles. The molecule has 0 heterocycles. The van der Waals surface area contributed by atoms with Crippen molar-refractivity contribution in [3.63, 3.8) is 0 Å². The summed E-state index contributed by atoms with van der Waals surface area (Å²) in [6.07, 6.45) is 3.98. The van der Waals surface area contributed by atoms with Crippen LogP contribution in [0.3, 0.4) is 0 Å². The Kier molecular flexibility index (Phi) is 4.16. The molecule has 0 spiro atoms. The van der Waals surface area contributed by atoms with Crippen LogP contribution in [0.15, 0.2) is 0 Å². The van der Waals surface area contributed by atoms with Crippen molar-refractivity contribution in [1.29, 1.82) is 0 Å². The molecule has 1 rings (SSSR count). The number of aliphatic hydroxyl groups is 2. The first-order chi connectivity index (χ1) is 6.26. The predicted octanol–water partition coefficient (Wildman–Crippen LogP) is 0.794. The quantitative estimate of drug-likeness (QED) is 0.686. The molecule has 78 valence electrons. The Labute approximate surface area is 79.7 Å².